The van der Waals surface area contributed by atoms with Gasteiger partial charge in [0, 0.05) is 10.6 Å². The number of methoxy groups -OCH3 is 1. The Hall–Kier alpha value is -2.54. The quantitative estimate of drug-likeness (QED) is 0.626. The molecule has 132 valence electrons. The van der Waals surface area contributed by atoms with Gasteiger partial charge < -0.3 is 14.8 Å². The molecule has 0 bridgehead atoms. The summed E-state index contributed by atoms with van der Waals surface area (Å²) in [7, 11) is 1.46. The van der Waals surface area contributed by atoms with E-state index in [9.17, 15) is 14.0 Å². The second-order valence-corrected chi connectivity index (χ2v) is 5.99. The average molecular weight is 363 g/mol. The van der Waals surface area contributed by atoms with Crippen molar-refractivity contribution in [2.24, 2.45) is 0 Å². The Morgan fingerprint density at radius 2 is 1.84 bits per heavy atom. The lowest BCUT2D eigenvalue weighted by Gasteiger charge is -2.15. The number of hydrogen-bond donors (Lipinski definition) is 1. The molecule has 0 radical (unpaired) electrons. The van der Waals surface area contributed by atoms with Crippen molar-refractivity contribution in [1.82, 2.24) is 0 Å². The van der Waals surface area contributed by atoms with Crippen LogP contribution in [0, 0.1) is 5.82 Å². The molecule has 0 fully saturated rings. The predicted octanol–water partition coefficient (Wildman–Crippen LogP) is 3.74. The molecule has 2 aromatic carbocycles. The SMILES string of the molecule is COc1cc(SC)ccc1C(=O)O[C@@H](C)C(=O)Nc1ccc(F)cc1. The summed E-state index contributed by atoms with van der Waals surface area (Å²) in [5.74, 6) is -1.20. The van der Waals surface area contributed by atoms with Gasteiger partial charge in [-0.1, -0.05) is 0 Å². The number of amides is 1. The maximum atomic E-state index is 12.9. The van der Waals surface area contributed by atoms with Gasteiger partial charge in [0.25, 0.3) is 5.91 Å². The molecule has 25 heavy (non-hydrogen) atoms. The number of thioether (sulfide) groups is 1. The fourth-order valence-electron chi connectivity index (χ4n) is 2.02. The number of anilines is 1. The Kier molecular flexibility index (Phi) is 6.41. The van der Waals surface area contributed by atoms with E-state index in [2.05, 4.69) is 5.32 Å². The van der Waals surface area contributed by atoms with Gasteiger partial charge in [0.1, 0.15) is 17.1 Å². The van der Waals surface area contributed by atoms with Gasteiger partial charge in [0.15, 0.2) is 6.10 Å². The number of esters is 1. The number of carbonyl (C=O) groups is 2. The van der Waals surface area contributed by atoms with Crippen molar-refractivity contribution in [3.63, 3.8) is 0 Å². The van der Waals surface area contributed by atoms with Crippen LogP contribution in [0.25, 0.3) is 0 Å². The van der Waals surface area contributed by atoms with E-state index in [1.54, 1.807) is 18.2 Å². The standard InChI is InChI=1S/C18H18FNO4S/c1-11(17(21)20-13-6-4-12(19)5-7-13)24-18(22)15-9-8-14(25-3)10-16(15)23-2/h4-11H,1-3H3,(H,20,21)/t11-/m0/s1. The molecule has 2 rings (SSSR count). The summed E-state index contributed by atoms with van der Waals surface area (Å²) >= 11 is 1.52. The molecule has 0 spiro atoms. The molecule has 0 aliphatic carbocycles. The molecule has 0 aliphatic rings. The fraction of sp³-hybridized carbons (Fsp3) is 0.222. The molecule has 0 unspecified atom stereocenters. The Morgan fingerprint density at radius 1 is 1.16 bits per heavy atom. The van der Waals surface area contributed by atoms with Crippen LogP contribution in [-0.2, 0) is 9.53 Å². The normalized spacial score (nSPS) is 11.5. The fourth-order valence-corrected chi connectivity index (χ4v) is 2.45. The first kappa shape index (κ1) is 18.8. The summed E-state index contributed by atoms with van der Waals surface area (Å²) in [4.78, 5) is 25.3. The van der Waals surface area contributed by atoms with Crippen LogP contribution in [0.15, 0.2) is 47.4 Å². The molecule has 0 aliphatic heterocycles. The van der Waals surface area contributed by atoms with Crippen LogP contribution in [0.2, 0.25) is 0 Å². The lowest BCUT2D eigenvalue weighted by molar-refractivity contribution is -0.123. The lowest BCUT2D eigenvalue weighted by Crippen LogP contribution is -2.30. The Balaban J connectivity index is 2.04. The molecule has 0 saturated carbocycles. The minimum Gasteiger partial charge on any atom is -0.496 e. The van der Waals surface area contributed by atoms with E-state index in [1.807, 2.05) is 6.26 Å². The van der Waals surface area contributed by atoms with Gasteiger partial charge in [-0.2, -0.15) is 0 Å². The molecule has 1 atom stereocenters. The van der Waals surface area contributed by atoms with Crippen molar-refractivity contribution in [3.8, 4) is 5.75 Å². The van der Waals surface area contributed by atoms with E-state index in [-0.39, 0.29) is 5.56 Å². The van der Waals surface area contributed by atoms with Gasteiger partial charge >= 0.3 is 5.97 Å². The highest BCUT2D eigenvalue weighted by Gasteiger charge is 2.21. The molecular weight excluding hydrogens is 345 g/mol. The smallest absolute Gasteiger partial charge is 0.342 e. The third-order valence-electron chi connectivity index (χ3n) is 3.39. The number of benzene rings is 2. The second kappa shape index (κ2) is 8.53. The first-order valence-corrected chi connectivity index (χ1v) is 8.66. The van der Waals surface area contributed by atoms with Gasteiger partial charge in [0.05, 0.1) is 7.11 Å². The highest BCUT2D eigenvalue weighted by atomic mass is 32.2. The molecule has 0 heterocycles. The van der Waals surface area contributed by atoms with Crippen molar-refractivity contribution in [2.45, 2.75) is 17.9 Å². The Bertz CT molecular complexity index is 764. The number of nitrogens with one attached hydrogen (secondary N) is 1. The van der Waals surface area contributed by atoms with Crippen LogP contribution < -0.4 is 10.1 Å². The third kappa shape index (κ3) is 4.96. The molecule has 7 heteroatoms. The molecule has 2 aromatic rings. The number of halogens is 1. The highest BCUT2D eigenvalue weighted by Crippen LogP contribution is 2.26. The lowest BCUT2D eigenvalue weighted by atomic mass is 10.2. The van der Waals surface area contributed by atoms with Crippen molar-refractivity contribution < 1.29 is 23.5 Å². The molecule has 0 saturated heterocycles. The number of ether oxygens (including phenoxy) is 2. The average Bonchev–Trinajstić information content (AvgIpc) is 2.62. The molecule has 1 amide bonds. The van der Waals surface area contributed by atoms with E-state index in [0.717, 1.165) is 4.90 Å². The van der Waals surface area contributed by atoms with Gasteiger partial charge in [0.2, 0.25) is 0 Å². The van der Waals surface area contributed by atoms with Crippen molar-refractivity contribution in [2.75, 3.05) is 18.7 Å². The summed E-state index contributed by atoms with van der Waals surface area (Å²) in [6, 6.07) is 10.4. The maximum absolute atomic E-state index is 12.9. The summed E-state index contributed by atoms with van der Waals surface area (Å²) < 4.78 is 23.3. The van der Waals surface area contributed by atoms with Gasteiger partial charge in [-0.05, 0) is 55.6 Å². The minimum absolute atomic E-state index is 0.238. The summed E-state index contributed by atoms with van der Waals surface area (Å²) in [5.41, 5.74) is 0.651. The third-order valence-corrected chi connectivity index (χ3v) is 4.12. The molecule has 1 N–H and O–H groups in total. The van der Waals surface area contributed by atoms with Crippen LogP contribution in [0.4, 0.5) is 10.1 Å². The summed E-state index contributed by atoms with van der Waals surface area (Å²) in [6.07, 6.45) is 0.886. The van der Waals surface area contributed by atoms with E-state index in [4.69, 9.17) is 9.47 Å². The van der Waals surface area contributed by atoms with Crippen LogP contribution in [0.5, 0.6) is 5.75 Å². The van der Waals surface area contributed by atoms with Crippen molar-refractivity contribution in [3.05, 3.63) is 53.8 Å². The van der Waals surface area contributed by atoms with Gasteiger partial charge in [-0.3, -0.25) is 4.79 Å². The van der Waals surface area contributed by atoms with E-state index < -0.39 is 23.8 Å². The zero-order valence-corrected chi connectivity index (χ0v) is 14.9. The molecular formula is C18H18FNO4S. The highest BCUT2D eigenvalue weighted by molar-refractivity contribution is 7.98. The van der Waals surface area contributed by atoms with Crippen LogP contribution >= 0.6 is 11.8 Å². The number of carbonyl (C=O) groups excluding carboxylic acids is 2. The zero-order valence-electron chi connectivity index (χ0n) is 14.0. The van der Waals surface area contributed by atoms with Crippen LogP contribution in [-0.4, -0.2) is 31.3 Å². The zero-order chi connectivity index (χ0) is 18.4. The molecule has 0 aromatic heterocycles. The van der Waals surface area contributed by atoms with E-state index in [0.29, 0.717) is 11.4 Å². The van der Waals surface area contributed by atoms with Crippen molar-refractivity contribution in [1.29, 1.82) is 0 Å². The predicted molar refractivity (Wildman–Crippen MR) is 94.7 cm³/mol. The summed E-state index contributed by atoms with van der Waals surface area (Å²) in [5, 5.41) is 2.56. The van der Waals surface area contributed by atoms with E-state index >= 15 is 0 Å². The minimum atomic E-state index is -1.03. The van der Waals surface area contributed by atoms with Gasteiger partial charge in [-0.15, -0.1) is 11.8 Å². The van der Waals surface area contributed by atoms with Crippen LogP contribution in [0.1, 0.15) is 17.3 Å². The Morgan fingerprint density at radius 3 is 2.44 bits per heavy atom. The summed E-state index contributed by atoms with van der Waals surface area (Å²) in [6.45, 7) is 1.46. The Labute approximate surface area is 149 Å². The van der Waals surface area contributed by atoms with Crippen LogP contribution in [0.3, 0.4) is 0 Å². The maximum Gasteiger partial charge on any atom is 0.342 e. The van der Waals surface area contributed by atoms with E-state index in [1.165, 1.54) is 50.1 Å². The second-order valence-electron chi connectivity index (χ2n) is 5.11. The number of hydrogen-bond acceptors (Lipinski definition) is 5. The van der Waals surface area contributed by atoms with Gasteiger partial charge in [-0.25, -0.2) is 9.18 Å². The van der Waals surface area contributed by atoms with Crippen molar-refractivity contribution >= 4 is 29.3 Å². The number of rotatable bonds is 6. The first-order valence-electron chi connectivity index (χ1n) is 7.44. The monoisotopic (exact) mass is 363 g/mol. The molecule has 5 nitrogen and oxygen atoms in total. The topological polar surface area (TPSA) is 64.6 Å². The first-order chi connectivity index (χ1) is 11.9. The largest absolute Gasteiger partial charge is 0.496 e.